The van der Waals surface area contributed by atoms with Crippen molar-refractivity contribution in [2.45, 2.75) is 43.0 Å². The molecule has 0 saturated carbocycles. The van der Waals surface area contributed by atoms with Crippen LogP contribution in [0.1, 0.15) is 37.0 Å². The number of carbonyl (C=O) groups is 1. The van der Waals surface area contributed by atoms with E-state index in [0.717, 1.165) is 11.8 Å². The largest absolute Gasteiger partial charge is 0.312 e. The van der Waals surface area contributed by atoms with Gasteiger partial charge in [0.2, 0.25) is 10.0 Å². The molecule has 0 saturated heterocycles. The van der Waals surface area contributed by atoms with Crippen molar-refractivity contribution in [2.75, 3.05) is 19.3 Å². The monoisotopic (exact) mass is 535 g/mol. The Labute approximate surface area is 210 Å². The van der Waals surface area contributed by atoms with E-state index < -0.39 is 25.8 Å². The maximum atomic E-state index is 13.0. The van der Waals surface area contributed by atoms with Crippen LogP contribution in [0.25, 0.3) is 10.2 Å². The van der Waals surface area contributed by atoms with Crippen LogP contribution in [0.4, 0.5) is 0 Å². The van der Waals surface area contributed by atoms with Gasteiger partial charge in [-0.1, -0.05) is 31.3 Å². The highest BCUT2D eigenvalue weighted by atomic mass is 32.2. The molecule has 2 aromatic carbocycles. The standard InChI is InChI=1S/C24H29N3O5S3/c1-5-14-26(15-6-2)35(31,32)19-10-8-18(9-11-19)23(28)25-24-27(16-7-3)21-13-12-20(34(4,29)30)17-22(21)33-24/h7-13,17H,3,5-6,14-16H2,1-2,4H3. The Morgan fingerprint density at radius 2 is 1.63 bits per heavy atom. The second-order valence-electron chi connectivity index (χ2n) is 8.03. The van der Waals surface area contributed by atoms with Gasteiger partial charge in [0.25, 0.3) is 5.91 Å². The normalized spacial score (nSPS) is 13.0. The topological polar surface area (TPSA) is 106 Å². The van der Waals surface area contributed by atoms with Crippen molar-refractivity contribution in [3.05, 3.63) is 65.5 Å². The van der Waals surface area contributed by atoms with Crippen molar-refractivity contribution in [1.82, 2.24) is 8.87 Å². The number of carbonyl (C=O) groups excluding carboxylic acids is 1. The van der Waals surface area contributed by atoms with Crippen molar-refractivity contribution in [3.8, 4) is 0 Å². The molecule has 0 bridgehead atoms. The molecule has 3 rings (SSSR count). The predicted molar refractivity (Wildman–Crippen MR) is 139 cm³/mol. The zero-order valence-electron chi connectivity index (χ0n) is 20.0. The lowest BCUT2D eigenvalue weighted by molar-refractivity contribution is 0.0997. The second kappa shape index (κ2) is 11.0. The van der Waals surface area contributed by atoms with E-state index >= 15 is 0 Å². The number of fused-ring (bicyclic) bond motifs is 1. The first kappa shape index (κ1) is 27.0. The summed E-state index contributed by atoms with van der Waals surface area (Å²) in [4.78, 5) is 17.9. The number of hydrogen-bond donors (Lipinski definition) is 0. The lowest BCUT2D eigenvalue weighted by Gasteiger charge is -2.21. The summed E-state index contributed by atoms with van der Waals surface area (Å²) in [5.74, 6) is -0.527. The van der Waals surface area contributed by atoms with Crippen molar-refractivity contribution in [1.29, 1.82) is 0 Å². The third-order valence-electron chi connectivity index (χ3n) is 5.28. The Morgan fingerprint density at radius 3 is 2.17 bits per heavy atom. The van der Waals surface area contributed by atoms with Gasteiger partial charge in [-0.2, -0.15) is 9.30 Å². The number of sulfonamides is 1. The first-order valence-corrected chi connectivity index (χ1v) is 15.3. The van der Waals surface area contributed by atoms with Crippen molar-refractivity contribution < 1.29 is 21.6 Å². The Balaban J connectivity index is 2.00. The fourth-order valence-electron chi connectivity index (χ4n) is 3.60. The summed E-state index contributed by atoms with van der Waals surface area (Å²) in [6, 6.07) is 10.6. The lowest BCUT2D eigenvalue weighted by atomic mass is 10.2. The summed E-state index contributed by atoms with van der Waals surface area (Å²) in [6.07, 6.45) is 4.22. The number of sulfone groups is 1. The van der Waals surface area contributed by atoms with E-state index in [2.05, 4.69) is 11.6 Å². The molecule has 1 amide bonds. The van der Waals surface area contributed by atoms with Gasteiger partial charge in [-0.3, -0.25) is 4.79 Å². The Morgan fingerprint density at radius 1 is 1.03 bits per heavy atom. The molecule has 0 aliphatic heterocycles. The predicted octanol–water partition coefficient (Wildman–Crippen LogP) is 3.84. The molecule has 0 unspecified atom stereocenters. The van der Waals surface area contributed by atoms with Crippen LogP contribution in [-0.4, -0.2) is 51.0 Å². The second-order valence-corrected chi connectivity index (χ2v) is 13.0. The minimum atomic E-state index is -3.65. The van der Waals surface area contributed by atoms with Gasteiger partial charge in [-0.25, -0.2) is 16.8 Å². The maximum absolute atomic E-state index is 13.0. The third-order valence-corrected chi connectivity index (χ3v) is 9.34. The molecule has 188 valence electrons. The van der Waals surface area contributed by atoms with Gasteiger partial charge in [0, 0.05) is 31.5 Å². The highest BCUT2D eigenvalue weighted by molar-refractivity contribution is 7.90. The lowest BCUT2D eigenvalue weighted by Crippen LogP contribution is -2.32. The minimum Gasteiger partial charge on any atom is -0.312 e. The van der Waals surface area contributed by atoms with Crippen LogP contribution in [0.15, 0.2) is 69.9 Å². The number of amides is 1. The fraction of sp³-hybridized carbons (Fsp3) is 0.333. The van der Waals surface area contributed by atoms with Crippen LogP contribution in [0.3, 0.4) is 0 Å². The van der Waals surface area contributed by atoms with Gasteiger partial charge in [-0.05, 0) is 55.3 Å². The van der Waals surface area contributed by atoms with Gasteiger partial charge in [0.05, 0.1) is 20.0 Å². The number of benzene rings is 2. The zero-order valence-corrected chi connectivity index (χ0v) is 22.4. The van der Waals surface area contributed by atoms with E-state index in [9.17, 15) is 21.6 Å². The van der Waals surface area contributed by atoms with Crippen LogP contribution in [-0.2, 0) is 26.4 Å². The van der Waals surface area contributed by atoms with E-state index in [1.54, 1.807) is 22.8 Å². The fourth-order valence-corrected chi connectivity index (χ4v) is 7.02. The molecule has 35 heavy (non-hydrogen) atoms. The van der Waals surface area contributed by atoms with E-state index in [-0.39, 0.29) is 15.4 Å². The van der Waals surface area contributed by atoms with Gasteiger partial charge in [0.1, 0.15) is 0 Å². The van der Waals surface area contributed by atoms with E-state index in [1.807, 2.05) is 13.8 Å². The van der Waals surface area contributed by atoms with Crippen LogP contribution >= 0.6 is 11.3 Å². The summed E-state index contributed by atoms with van der Waals surface area (Å²) < 4.78 is 53.7. The van der Waals surface area contributed by atoms with Crippen molar-refractivity contribution in [2.24, 2.45) is 4.99 Å². The molecule has 0 atom stereocenters. The van der Waals surface area contributed by atoms with E-state index in [1.165, 1.54) is 46.0 Å². The smallest absolute Gasteiger partial charge is 0.279 e. The highest BCUT2D eigenvalue weighted by Crippen LogP contribution is 2.22. The molecular formula is C24H29N3O5S3. The Bertz CT molecular complexity index is 1510. The zero-order chi connectivity index (χ0) is 25.8. The number of aromatic nitrogens is 1. The van der Waals surface area contributed by atoms with Crippen molar-refractivity contribution >= 4 is 47.3 Å². The molecule has 1 heterocycles. The first-order valence-electron chi connectivity index (χ1n) is 11.2. The Hall–Kier alpha value is -2.60. The van der Waals surface area contributed by atoms with Crippen LogP contribution in [0.2, 0.25) is 0 Å². The van der Waals surface area contributed by atoms with E-state index in [4.69, 9.17) is 0 Å². The molecule has 0 radical (unpaired) electrons. The molecule has 0 spiro atoms. The summed E-state index contributed by atoms with van der Waals surface area (Å²) in [5.41, 5.74) is 0.989. The highest BCUT2D eigenvalue weighted by Gasteiger charge is 2.23. The van der Waals surface area contributed by atoms with Crippen LogP contribution in [0, 0.1) is 0 Å². The quantitative estimate of drug-likeness (QED) is 0.367. The minimum absolute atomic E-state index is 0.132. The summed E-state index contributed by atoms with van der Waals surface area (Å²) >= 11 is 1.20. The molecule has 1 aromatic heterocycles. The summed E-state index contributed by atoms with van der Waals surface area (Å²) in [5, 5.41) is 0. The summed E-state index contributed by atoms with van der Waals surface area (Å²) in [7, 11) is -7.02. The molecule has 0 aliphatic rings. The van der Waals surface area contributed by atoms with E-state index in [0.29, 0.717) is 42.0 Å². The molecule has 0 fully saturated rings. The number of allylic oxidation sites excluding steroid dienone is 1. The number of thiazole rings is 1. The molecule has 0 aliphatic carbocycles. The average Bonchev–Trinajstić information content (AvgIpc) is 3.15. The molecule has 3 aromatic rings. The molecular weight excluding hydrogens is 506 g/mol. The number of rotatable bonds is 10. The number of nitrogens with zero attached hydrogens (tertiary/aromatic N) is 3. The van der Waals surface area contributed by atoms with Gasteiger partial charge < -0.3 is 4.57 Å². The average molecular weight is 536 g/mol. The maximum Gasteiger partial charge on any atom is 0.279 e. The molecule has 11 heteroatoms. The van der Waals surface area contributed by atoms with Crippen molar-refractivity contribution in [3.63, 3.8) is 0 Å². The third kappa shape index (κ3) is 5.97. The SMILES string of the molecule is C=CCn1c(=NC(=O)c2ccc(S(=O)(=O)N(CCC)CCC)cc2)sc2cc(S(C)(=O)=O)ccc21. The summed E-state index contributed by atoms with van der Waals surface area (Å²) in [6.45, 7) is 8.85. The molecule has 0 N–H and O–H groups in total. The van der Waals surface area contributed by atoms with Gasteiger partial charge in [-0.15, -0.1) is 6.58 Å². The van der Waals surface area contributed by atoms with Gasteiger partial charge in [0.15, 0.2) is 14.6 Å². The van der Waals surface area contributed by atoms with Gasteiger partial charge >= 0.3 is 0 Å². The van der Waals surface area contributed by atoms with Crippen LogP contribution in [0.5, 0.6) is 0 Å². The Kier molecular flexibility index (Phi) is 8.47. The van der Waals surface area contributed by atoms with Crippen LogP contribution < -0.4 is 4.80 Å². The number of hydrogen-bond acceptors (Lipinski definition) is 6. The molecule has 8 nitrogen and oxygen atoms in total. The first-order chi connectivity index (χ1) is 16.5.